The molecule has 1 aromatic heterocycles. The third-order valence-corrected chi connectivity index (χ3v) is 6.64. The van der Waals surface area contributed by atoms with Crippen molar-refractivity contribution in [2.75, 3.05) is 29.5 Å². The second-order valence-electron chi connectivity index (χ2n) is 6.21. The second kappa shape index (κ2) is 7.69. The van der Waals surface area contributed by atoms with Crippen molar-refractivity contribution in [3.8, 4) is 0 Å². The lowest BCUT2D eigenvalue weighted by molar-refractivity contribution is -0.114. The van der Waals surface area contributed by atoms with Gasteiger partial charge in [-0.15, -0.1) is 11.3 Å². The first kappa shape index (κ1) is 19.4. The Kier molecular flexibility index (Phi) is 5.52. The maximum atomic E-state index is 12.6. The van der Waals surface area contributed by atoms with E-state index in [9.17, 15) is 18.0 Å². The minimum absolute atomic E-state index is 0.383. The Morgan fingerprint density at radius 3 is 2.56 bits per heavy atom. The van der Waals surface area contributed by atoms with Crippen LogP contribution < -0.4 is 9.62 Å². The summed E-state index contributed by atoms with van der Waals surface area (Å²) in [5, 5.41) is 3.12. The van der Waals surface area contributed by atoms with Gasteiger partial charge in [0.2, 0.25) is 15.9 Å². The van der Waals surface area contributed by atoms with Gasteiger partial charge in [0, 0.05) is 4.88 Å². The highest BCUT2D eigenvalue weighted by atomic mass is 32.2. The number of sulfonamides is 1. The van der Waals surface area contributed by atoms with Crippen LogP contribution in [0.3, 0.4) is 0 Å². The Labute approximate surface area is 162 Å². The highest BCUT2D eigenvalue weighted by Gasteiger charge is 2.29. The number of carbonyl (C=O) groups excluding carboxylic acids is 2. The molecule has 27 heavy (non-hydrogen) atoms. The average molecular weight is 409 g/mol. The molecule has 0 radical (unpaired) electrons. The number of hydrogen-bond acceptors (Lipinski definition) is 6. The molecule has 1 aliphatic rings. The minimum atomic E-state index is -3.65. The van der Waals surface area contributed by atoms with E-state index in [1.54, 1.807) is 30.3 Å². The highest BCUT2D eigenvalue weighted by molar-refractivity contribution is 7.92. The van der Waals surface area contributed by atoms with Crippen LogP contribution in [0.1, 0.15) is 27.2 Å². The van der Waals surface area contributed by atoms with Crippen molar-refractivity contribution in [3.05, 3.63) is 46.3 Å². The van der Waals surface area contributed by atoms with Gasteiger partial charge in [-0.3, -0.25) is 9.10 Å². The number of fused-ring (bicyclic) bond motifs is 1. The summed E-state index contributed by atoms with van der Waals surface area (Å²) >= 11 is 1.35. The number of rotatable bonds is 6. The maximum absolute atomic E-state index is 12.6. The van der Waals surface area contributed by atoms with Crippen LogP contribution in [-0.2, 0) is 32.4 Å². The molecule has 1 aromatic carbocycles. The van der Waals surface area contributed by atoms with Gasteiger partial charge in [0.05, 0.1) is 24.6 Å². The van der Waals surface area contributed by atoms with Gasteiger partial charge in [-0.25, -0.2) is 13.2 Å². The molecular weight excluding hydrogens is 388 g/mol. The second-order valence-corrected chi connectivity index (χ2v) is 9.22. The number of nitrogens with one attached hydrogen (secondary N) is 1. The quantitative estimate of drug-likeness (QED) is 0.741. The number of hydrogen-bond donors (Lipinski definition) is 1. The Balaban J connectivity index is 1.84. The first-order chi connectivity index (χ1) is 12.8. The largest absolute Gasteiger partial charge is 0.465 e. The maximum Gasteiger partial charge on any atom is 0.341 e. The number of nitrogens with zero attached hydrogens (tertiary/aromatic N) is 1. The fraction of sp³-hybridized carbons (Fsp3) is 0.333. The van der Waals surface area contributed by atoms with Crippen LogP contribution in [0.15, 0.2) is 30.3 Å². The zero-order valence-electron chi connectivity index (χ0n) is 15.0. The summed E-state index contributed by atoms with van der Waals surface area (Å²) in [6.07, 6.45) is 3.65. The van der Waals surface area contributed by atoms with Crippen molar-refractivity contribution in [1.29, 1.82) is 0 Å². The fourth-order valence-electron chi connectivity index (χ4n) is 3.10. The zero-order chi connectivity index (χ0) is 19.6. The molecule has 0 bridgehead atoms. The third kappa shape index (κ3) is 4.14. The number of aryl methyl sites for hydroxylation is 1. The summed E-state index contributed by atoms with van der Waals surface area (Å²) in [4.78, 5) is 25.8. The van der Waals surface area contributed by atoms with E-state index >= 15 is 0 Å². The Bertz CT molecular complexity index is 967. The summed E-state index contributed by atoms with van der Waals surface area (Å²) in [6.45, 7) is -0.383. The first-order valence-corrected chi connectivity index (χ1v) is 11.0. The summed E-state index contributed by atoms with van der Waals surface area (Å²) in [7, 11) is -2.35. The standard InChI is InChI=1S/C18H20N2O5S2/c1-25-18(22)16-13-9-6-10-14(13)26-17(16)19-15(21)11-20(27(2,23)24)12-7-4-3-5-8-12/h3-5,7-8H,6,9-11H2,1-2H3,(H,19,21). The van der Waals surface area contributed by atoms with Crippen molar-refractivity contribution in [2.24, 2.45) is 0 Å². The van der Waals surface area contributed by atoms with Crippen LogP contribution in [-0.4, -0.2) is 40.2 Å². The molecule has 1 amide bonds. The van der Waals surface area contributed by atoms with E-state index in [0.29, 0.717) is 16.3 Å². The van der Waals surface area contributed by atoms with Crippen LogP contribution in [0.4, 0.5) is 10.7 Å². The van der Waals surface area contributed by atoms with Crippen LogP contribution >= 0.6 is 11.3 Å². The van der Waals surface area contributed by atoms with Gasteiger partial charge < -0.3 is 10.1 Å². The summed E-state index contributed by atoms with van der Waals surface area (Å²) < 4.78 is 30.1. The number of thiophene rings is 1. The molecule has 0 spiro atoms. The minimum Gasteiger partial charge on any atom is -0.465 e. The van der Waals surface area contributed by atoms with Crippen LogP contribution in [0.2, 0.25) is 0 Å². The van der Waals surface area contributed by atoms with E-state index < -0.39 is 21.9 Å². The molecule has 0 aliphatic heterocycles. The van der Waals surface area contributed by atoms with E-state index in [-0.39, 0.29) is 6.54 Å². The first-order valence-electron chi connectivity index (χ1n) is 8.36. The van der Waals surface area contributed by atoms with Crippen molar-refractivity contribution < 1.29 is 22.7 Å². The summed E-state index contributed by atoms with van der Waals surface area (Å²) in [5.41, 5.74) is 1.70. The van der Waals surface area contributed by atoms with E-state index in [1.165, 1.54) is 18.4 Å². The third-order valence-electron chi connectivity index (χ3n) is 4.30. The molecule has 144 valence electrons. The molecule has 0 fully saturated rings. The molecule has 2 aromatic rings. The summed E-state index contributed by atoms with van der Waals surface area (Å²) in [6, 6.07) is 8.40. The van der Waals surface area contributed by atoms with Gasteiger partial charge in [-0.1, -0.05) is 18.2 Å². The van der Waals surface area contributed by atoms with E-state index in [2.05, 4.69) is 5.32 Å². The van der Waals surface area contributed by atoms with Gasteiger partial charge in [0.1, 0.15) is 11.5 Å². The lowest BCUT2D eigenvalue weighted by Crippen LogP contribution is -2.37. The molecule has 9 heteroatoms. The van der Waals surface area contributed by atoms with Crippen LogP contribution in [0, 0.1) is 0 Å². The summed E-state index contributed by atoms with van der Waals surface area (Å²) in [5.74, 6) is -1.01. The molecule has 0 unspecified atom stereocenters. The van der Waals surface area contributed by atoms with Crippen LogP contribution in [0.25, 0.3) is 0 Å². The number of para-hydroxylation sites is 1. The van der Waals surface area contributed by atoms with Crippen LogP contribution in [0.5, 0.6) is 0 Å². The zero-order valence-corrected chi connectivity index (χ0v) is 16.7. The lowest BCUT2D eigenvalue weighted by Gasteiger charge is -2.21. The number of benzene rings is 1. The van der Waals surface area contributed by atoms with E-state index in [0.717, 1.165) is 40.3 Å². The molecule has 3 rings (SSSR count). The fourth-order valence-corrected chi connectivity index (χ4v) is 5.25. The topological polar surface area (TPSA) is 92.8 Å². The molecule has 0 saturated heterocycles. The molecule has 7 nitrogen and oxygen atoms in total. The van der Waals surface area contributed by atoms with Gasteiger partial charge in [0.25, 0.3) is 0 Å². The SMILES string of the molecule is COC(=O)c1c(NC(=O)CN(c2ccccc2)S(C)(=O)=O)sc2c1CCC2. The number of esters is 1. The number of methoxy groups -OCH3 is 1. The molecule has 1 aliphatic carbocycles. The number of amides is 1. The Morgan fingerprint density at radius 1 is 1.22 bits per heavy atom. The lowest BCUT2D eigenvalue weighted by atomic mass is 10.1. The molecule has 1 N–H and O–H groups in total. The molecular formula is C18H20N2O5S2. The molecule has 1 heterocycles. The number of anilines is 2. The predicted molar refractivity (Wildman–Crippen MR) is 105 cm³/mol. The van der Waals surface area contributed by atoms with Gasteiger partial charge in [0.15, 0.2) is 0 Å². The van der Waals surface area contributed by atoms with Crippen molar-refractivity contribution in [2.45, 2.75) is 19.3 Å². The van der Waals surface area contributed by atoms with Gasteiger partial charge in [-0.05, 0) is 37.0 Å². The normalized spacial score (nSPS) is 13.1. The van der Waals surface area contributed by atoms with Crippen molar-refractivity contribution in [1.82, 2.24) is 0 Å². The highest BCUT2D eigenvalue weighted by Crippen LogP contribution is 2.39. The molecule has 0 atom stereocenters. The average Bonchev–Trinajstić information content (AvgIpc) is 3.19. The Morgan fingerprint density at radius 2 is 1.93 bits per heavy atom. The van der Waals surface area contributed by atoms with Gasteiger partial charge >= 0.3 is 5.97 Å². The van der Waals surface area contributed by atoms with E-state index in [1.807, 2.05) is 0 Å². The van der Waals surface area contributed by atoms with Crippen molar-refractivity contribution in [3.63, 3.8) is 0 Å². The van der Waals surface area contributed by atoms with E-state index in [4.69, 9.17) is 4.74 Å². The Hall–Kier alpha value is -2.39. The predicted octanol–water partition coefficient (Wildman–Crippen LogP) is 2.43. The van der Waals surface area contributed by atoms with Crippen molar-refractivity contribution >= 4 is 43.9 Å². The smallest absolute Gasteiger partial charge is 0.341 e. The monoisotopic (exact) mass is 408 g/mol. The number of carbonyl (C=O) groups is 2. The molecule has 0 saturated carbocycles. The van der Waals surface area contributed by atoms with Gasteiger partial charge in [-0.2, -0.15) is 0 Å². The number of ether oxygens (including phenoxy) is 1.